The summed E-state index contributed by atoms with van der Waals surface area (Å²) < 4.78 is 82.3. The Kier molecular flexibility index (Phi) is 11.4. The first-order chi connectivity index (χ1) is 21.1. The molecule has 1 amide bonds. The number of carbonyl (C=O) groups is 2. The lowest BCUT2D eigenvalue weighted by Crippen LogP contribution is -2.46. The summed E-state index contributed by atoms with van der Waals surface area (Å²) in [5, 5.41) is 2.79. The molecule has 0 bridgehead atoms. The fraction of sp³-hybridized carbons (Fsp3) is 0.758. The van der Waals surface area contributed by atoms with E-state index in [2.05, 4.69) is 18.3 Å². The highest BCUT2D eigenvalue weighted by Crippen LogP contribution is 2.61. The van der Waals surface area contributed by atoms with Gasteiger partial charge in [-0.2, -0.15) is 22.0 Å². The van der Waals surface area contributed by atoms with Crippen molar-refractivity contribution in [2.45, 2.75) is 96.1 Å². The van der Waals surface area contributed by atoms with Crippen molar-refractivity contribution >= 4 is 22.7 Å². The summed E-state index contributed by atoms with van der Waals surface area (Å²) in [6.07, 6.45) is -2.16. The van der Waals surface area contributed by atoms with E-state index in [1.165, 1.54) is 5.56 Å². The monoisotopic (exact) mass is 662 g/mol. The number of aryl methyl sites for hydroxylation is 1. The van der Waals surface area contributed by atoms with Gasteiger partial charge >= 0.3 is 18.2 Å². The first kappa shape index (κ1) is 35.8. The number of hydrogen-bond donors (Lipinski definition) is 1. The highest BCUT2D eigenvalue weighted by Gasteiger charge is 2.57. The number of Topliss-reactive ketones (excluding diaryl/α,β-unsaturated/α-hetero) is 1. The zero-order valence-corrected chi connectivity index (χ0v) is 27.6. The average Bonchev–Trinajstić information content (AvgIpc) is 3.25. The van der Waals surface area contributed by atoms with E-state index in [1.807, 2.05) is 32.0 Å². The Bertz CT molecular complexity index is 1260. The summed E-state index contributed by atoms with van der Waals surface area (Å²) in [5.74, 6) is -2.97. The second-order valence-electron chi connectivity index (χ2n) is 13.6. The van der Waals surface area contributed by atoms with E-state index in [4.69, 9.17) is 4.74 Å². The lowest BCUT2D eigenvalue weighted by molar-refractivity contribution is -0.284. The van der Waals surface area contributed by atoms with Gasteiger partial charge in [0.25, 0.3) is 0 Å². The largest absolute Gasteiger partial charge is 0.453 e. The summed E-state index contributed by atoms with van der Waals surface area (Å²) in [6.45, 7) is 5.26. The molecule has 45 heavy (non-hydrogen) atoms. The Labute approximate surface area is 265 Å². The second-order valence-corrected chi connectivity index (χ2v) is 15.3. The van der Waals surface area contributed by atoms with E-state index in [0.29, 0.717) is 56.7 Å². The van der Waals surface area contributed by atoms with E-state index in [-0.39, 0.29) is 40.6 Å². The summed E-state index contributed by atoms with van der Waals surface area (Å²) in [4.78, 5) is 27.6. The molecule has 2 fully saturated rings. The number of hydrogen-bond acceptors (Lipinski definition) is 5. The number of ether oxygens (including phenoxy) is 1. The molecule has 1 aromatic rings. The highest BCUT2D eigenvalue weighted by atomic mass is 32.2. The van der Waals surface area contributed by atoms with Gasteiger partial charge in [-0.05, 0) is 112 Å². The molecule has 12 heteroatoms. The third-order valence-electron chi connectivity index (χ3n) is 10.4. The van der Waals surface area contributed by atoms with E-state index >= 15 is 0 Å². The van der Waals surface area contributed by atoms with Crippen LogP contribution in [0.2, 0.25) is 0 Å². The summed E-state index contributed by atoms with van der Waals surface area (Å²) in [6, 6.07) is 4.16. The van der Waals surface area contributed by atoms with Crippen molar-refractivity contribution in [2.75, 3.05) is 38.7 Å². The number of nitrogens with one attached hydrogen (secondary N) is 1. The van der Waals surface area contributed by atoms with Gasteiger partial charge in [-0.1, -0.05) is 19.9 Å². The van der Waals surface area contributed by atoms with Crippen LogP contribution in [0.1, 0.15) is 87.8 Å². The van der Waals surface area contributed by atoms with Crippen LogP contribution in [0.3, 0.4) is 0 Å². The zero-order chi connectivity index (χ0) is 33.2. The average molecular weight is 663 g/mol. The van der Waals surface area contributed by atoms with E-state index in [0.717, 1.165) is 30.4 Å². The minimum absolute atomic E-state index is 0.179. The molecule has 1 aromatic carbocycles. The number of likely N-dealkylation sites (N-methyl/N-ethyl adjacent to an activating group) is 1. The van der Waals surface area contributed by atoms with Crippen molar-refractivity contribution in [1.82, 2.24) is 10.2 Å². The van der Waals surface area contributed by atoms with Gasteiger partial charge < -0.3 is 15.0 Å². The molecule has 1 unspecified atom stereocenters. The van der Waals surface area contributed by atoms with E-state index in [9.17, 15) is 35.8 Å². The Morgan fingerprint density at radius 3 is 2.51 bits per heavy atom. The quantitative estimate of drug-likeness (QED) is 0.229. The van der Waals surface area contributed by atoms with Gasteiger partial charge in [0, 0.05) is 53.7 Å². The lowest BCUT2D eigenvalue weighted by Gasteiger charge is -2.52. The maximum absolute atomic E-state index is 13.3. The van der Waals surface area contributed by atoms with Gasteiger partial charge in [0.1, 0.15) is 11.5 Å². The van der Waals surface area contributed by atoms with Crippen LogP contribution in [0, 0.1) is 23.2 Å². The van der Waals surface area contributed by atoms with Crippen LogP contribution in [-0.4, -0.2) is 71.8 Å². The number of amides is 1. The van der Waals surface area contributed by atoms with Crippen molar-refractivity contribution in [3.8, 4) is 5.75 Å². The van der Waals surface area contributed by atoms with Gasteiger partial charge in [0.2, 0.25) is 0 Å². The molecule has 2 saturated carbocycles. The molecule has 254 valence electrons. The third-order valence-corrected chi connectivity index (χ3v) is 11.9. The Hall–Kier alpha value is -2.08. The Morgan fingerprint density at radius 1 is 1.13 bits per heavy atom. The number of halogens is 5. The summed E-state index contributed by atoms with van der Waals surface area (Å²) >= 11 is 0. The number of benzene rings is 1. The van der Waals surface area contributed by atoms with Crippen LogP contribution in [-0.2, 0) is 28.4 Å². The fourth-order valence-corrected chi connectivity index (χ4v) is 9.16. The normalized spacial score (nSPS) is 27.1. The maximum atomic E-state index is 13.3. The van der Waals surface area contributed by atoms with Crippen LogP contribution >= 0.6 is 0 Å². The molecule has 6 atom stereocenters. The van der Waals surface area contributed by atoms with Crippen LogP contribution in [0.5, 0.6) is 5.75 Å². The lowest BCUT2D eigenvalue weighted by atomic mass is 9.52. The number of nitrogens with zero attached hydrogens (tertiary/aromatic N) is 1. The standard InChI is InChI=1S/C33H47F5N2O4S/c1-5-21-19-25-23(20-27(21)44-30(42)39-14-15-40(3)4)18-22(29-24(25)11-13-31(2)26(29)9-10-28(31)41)8-6-16-45(43)17-7-12-32(34,35)33(36,37)38/h19-20,22,24,26,29H,5-18H2,1-4H3,(H,39,42)/t22-,24-,26+,29-,31+,45?/m1/s1. The molecule has 0 saturated heterocycles. The van der Waals surface area contributed by atoms with Gasteiger partial charge in [-0.15, -0.1) is 0 Å². The van der Waals surface area contributed by atoms with Crippen LogP contribution in [0.15, 0.2) is 12.1 Å². The number of ketones is 1. The first-order valence-electron chi connectivity index (χ1n) is 16.2. The van der Waals surface area contributed by atoms with Gasteiger partial charge in [0.15, 0.2) is 0 Å². The van der Waals surface area contributed by atoms with Crippen molar-refractivity contribution in [1.29, 1.82) is 0 Å². The molecule has 0 spiro atoms. The van der Waals surface area contributed by atoms with Crippen molar-refractivity contribution < 1.29 is 40.5 Å². The first-order valence-corrected chi connectivity index (χ1v) is 17.6. The van der Waals surface area contributed by atoms with Crippen LogP contribution in [0.25, 0.3) is 0 Å². The van der Waals surface area contributed by atoms with Crippen LogP contribution < -0.4 is 10.1 Å². The highest BCUT2D eigenvalue weighted by molar-refractivity contribution is 7.84. The molecule has 0 aliphatic heterocycles. The minimum Gasteiger partial charge on any atom is -0.410 e. The third kappa shape index (κ3) is 8.08. The molecule has 4 rings (SSSR count). The van der Waals surface area contributed by atoms with Crippen molar-refractivity contribution in [3.05, 3.63) is 28.8 Å². The molecular formula is C33H47F5N2O4S. The minimum atomic E-state index is -5.60. The number of carbonyl (C=O) groups excluding carboxylic acids is 2. The maximum Gasteiger partial charge on any atom is 0.453 e. The number of fused-ring (bicyclic) bond motifs is 5. The van der Waals surface area contributed by atoms with Gasteiger partial charge in [-0.3, -0.25) is 9.00 Å². The zero-order valence-electron chi connectivity index (χ0n) is 26.7. The smallest absolute Gasteiger partial charge is 0.410 e. The molecule has 1 N–H and O–H groups in total. The van der Waals surface area contributed by atoms with Gasteiger partial charge in [0.05, 0.1) is 0 Å². The second kappa shape index (κ2) is 14.4. The number of alkyl halides is 5. The SMILES string of the molecule is CCc1cc2c(cc1OC(=O)NCCN(C)C)C[C@@H](CCCS(=O)CCCC(F)(F)C(F)(F)F)[C@@H]1[C@@H]2CC[C@]2(C)C(=O)CC[C@@H]12. The summed E-state index contributed by atoms with van der Waals surface area (Å²) in [5.41, 5.74) is 2.96. The van der Waals surface area contributed by atoms with Crippen molar-refractivity contribution in [3.63, 3.8) is 0 Å². The van der Waals surface area contributed by atoms with E-state index < -0.39 is 41.8 Å². The molecule has 0 radical (unpaired) electrons. The van der Waals surface area contributed by atoms with E-state index in [1.54, 1.807) is 0 Å². The fourth-order valence-electron chi connectivity index (χ4n) is 8.00. The molecule has 3 aliphatic rings. The molecule has 0 aromatic heterocycles. The molecule has 3 aliphatic carbocycles. The van der Waals surface area contributed by atoms with Crippen molar-refractivity contribution in [2.24, 2.45) is 23.2 Å². The van der Waals surface area contributed by atoms with Crippen LogP contribution in [0.4, 0.5) is 26.7 Å². The number of rotatable bonds is 13. The Morgan fingerprint density at radius 2 is 1.84 bits per heavy atom. The van der Waals surface area contributed by atoms with Gasteiger partial charge in [-0.25, -0.2) is 4.79 Å². The predicted octanol–water partition coefficient (Wildman–Crippen LogP) is 7.06. The molecular weight excluding hydrogens is 615 g/mol. The topological polar surface area (TPSA) is 75.7 Å². The Balaban J connectivity index is 1.49. The molecule has 6 nitrogen and oxygen atoms in total. The predicted molar refractivity (Wildman–Crippen MR) is 164 cm³/mol. The molecule has 0 heterocycles. The summed E-state index contributed by atoms with van der Waals surface area (Å²) in [7, 11) is 2.33.